The van der Waals surface area contributed by atoms with E-state index in [0.29, 0.717) is 11.3 Å². The van der Waals surface area contributed by atoms with E-state index < -0.39 is 0 Å². The smallest absolute Gasteiger partial charge is 0.338 e. The van der Waals surface area contributed by atoms with E-state index in [0.717, 1.165) is 11.1 Å². The van der Waals surface area contributed by atoms with E-state index in [9.17, 15) is 9.90 Å². The van der Waals surface area contributed by atoms with Crippen LogP contribution in [0.15, 0.2) is 42.5 Å². The van der Waals surface area contributed by atoms with Crippen molar-refractivity contribution in [1.29, 1.82) is 0 Å². The van der Waals surface area contributed by atoms with Crippen LogP contribution in [0.5, 0.6) is 11.5 Å². The molecule has 2 aromatic carbocycles. The van der Waals surface area contributed by atoms with Gasteiger partial charge in [-0.15, -0.1) is 0 Å². The first kappa shape index (κ1) is 13.9. The molecule has 4 nitrogen and oxygen atoms in total. The molecule has 2 aromatic rings. The van der Waals surface area contributed by atoms with Crippen LogP contribution in [0.3, 0.4) is 0 Å². The van der Waals surface area contributed by atoms with Crippen molar-refractivity contribution in [3.05, 3.63) is 59.2 Å². The van der Waals surface area contributed by atoms with Gasteiger partial charge in [0.15, 0.2) is 0 Å². The Kier molecular flexibility index (Phi) is 4.25. The van der Waals surface area contributed by atoms with Crippen LogP contribution in [0.2, 0.25) is 0 Å². The lowest BCUT2D eigenvalue weighted by atomic mass is 10.0. The summed E-state index contributed by atoms with van der Waals surface area (Å²) in [5.74, 6) is 0.305. The molecule has 1 N–H and O–H groups in total. The Morgan fingerprint density at radius 2 is 1.95 bits per heavy atom. The maximum absolute atomic E-state index is 11.8. The highest BCUT2D eigenvalue weighted by Crippen LogP contribution is 2.21. The second-order valence-corrected chi connectivity index (χ2v) is 4.39. The lowest BCUT2D eigenvalue weighted by Crippen LogP contribution is -2.10. The molecule has 0 aliphatic heterocycles. The van der Waals surface area contributed by atoms with Gasteiger partial charge in [-0.3, -0.25) is 0 Å². The number of phenols is 1. The van der Waals surface area contributed by atoms with E-state index in [2.05, 4.69) is 0 Å². The SMILES string of the molecule is COC(=O)c1c(C)cccc1COc1cccc(O)c1. The highest BCUT2D eigenvalue weighted by molar-refractivity contribution is 5.92. The summed E-state index contributed by atoms with van der Waals surface area (Å²) >= 11 is 0. The fourth-order valence-corrected chi connectivity index (χ4v) is 1.98. The topological polar surface area (TPSA) is 55.8 Å². The molecule has 0 atom stereocenters. The lowest BCUT2D eigenvalue weighted by Gasteiger charge is -2.12. The number of aromatic hydroxyl groups is 1. The van der Waals surface area contributed by atoms with Crippen molar-refractivity contribution in [2.45, 2.75) is 13.5 Å². The van der Waals surface area contributed by atoms with Crippen molar-refractivity contribution < 1.29 is 19.4 Å². The van der Waals surface area contributed by atoms with Crippen molar-refractivity contribution in [3.8, 4) is 11.5 Å². The first-order valence-electron chi connectivity index (χ1n) is 6.20. The number of ether oxygens (including phenoxy) is 2. The van der Waals surface area contributed by atoms with Gasteiger partial charge in [0, 0.05) is 11.6 Å². The van der Waals surface area contributed by atoms with Crippen molar-refractivity contribution in [2.24, 2.45) is 0 Å². The summed E-state index contributed by atoms with van der Waals surface area (Å²) in [6.45, 7) is 2.08. The largest absolute Gasteiger partial charge is 0.508 e. The van der Waals surface area contributed by atoms with Gasteiger partial charge in [0.2, 0.25) is 0 Å². The van der Waals surface area contributed by atoms with E-state index >= 15 is 0 Å². The molecule has 0 unspecified atom stereocenters. The van der Waals surface area contributed by atoms with Gasteiger partial charge in [0.05, 0.1) is 12.7 Å². The summed E-state index contributed by atoms with van der Waals surface area (Å²) in [5.41, 5.74) is 2.12. The van der Waals surface area contributed by atoms with Crippen molar-refractivity contribution in [2.75, 3.05) is 7.11 Å². The summed E-state index contributed by atoms with van der Waals surface area (Å²) in [6, 6.07) is 12.1. The maximum Gasteiger partial charge on any atom is 0.338 e. The minimum absolute atomic E-state index is 0.139. The number of hydrogen-bond donors (Lipinski definition) is 1. The Balaban J connectivity index is 2.21. The second-order valence-electron chi connectivity index (χ2n) is 4.39. The van der Waals surface area contributed by atoms with Gasteiger partial charge in [-0.2, -0.15) is 0 Å². The summed E-state index contributed by atoms with van der Waals surface area (Å²) < 4.78 is 10.4. The van der Waals surface area contributed by atoms with Crippen LogP contribution in [0, 0.1) is 6.92 Å². The molecule has 4 heteroatoms. The standard InChI is InChI=1S/C16H16O4/c1-11-5-3-6-12(15(11)16(18)19-2)10-20-14-8-4-7-13(17)9-14/h3-9,17H,10H2,1-2H3. The third kappa shape index (κ3) is 3.09. The van der Waals surface area contributed by atoms with Crippen LogP contribution >= 0.6 is 0 Å². The highest BCUT2D eigenvalue weighted by atomic mass is 16.5. The van der Waals surface area contributed by atoms with Gasteiger partial charge in [-0.05, 0) is 24.6 Å². The summed E-state index contributed by atoms with van der Waals surface area (Å²) in [6.07, 6.45) is 0. The van der Waals surface area contributed by atoms with Gasteiger partial charge in [0.25, 0.3) is 0 Å². The van der Waals surface area contributed by atoms with E-state index in [1.165, 1.54) is 13.2 Å². The molecule has 104 valence electrons. The first-order valence-corrected chi connectivity index (χ1v) is 6.20. The quantitative estimate of drug-likeness (QED) is 0.869. The third-order valence-electron chi connectivity index (χ3n) is 2.96. The molecule has 0 fully saturated rings. The molecule has 0 spiro atoms. The Morgan fingerprint density at radius 3 is 2.65 bits per heavy atom. The van der Waals surface area contributed by atoms with Gasteiger partial charge >= 0.3 is 5.97 Å². The monoisotopic (exact) mass is 272 g/mol. The highest BCUT2D eigenvalue weighted by Gasteiger charge is 2.14. The predicted octanol–water partition coefficient (Wildman–Crippen LogP) is 3.07. The molecule has 0 saturated heterocycles. The zero-order chi connectivity index (χ0) is 14.5. The average molecular weight is 272 g/mol. The van der Waals surface area contributed by atoms with Crippen LogP contribution in [0.25, 0.3) is 0 Å². The number of rotatable bonds is 4. The normalized spacial score (nSPS) is 10.1. The fraction of sp³-hybridized carbons (Fsp3) is 0.188. The van der Waals surface area contributed by atoms with Crippen molar-refractivity contribution in [1.82, 2.24) is 0 Å². The van der Waals surface area contributed by atoms with E-state index in [1.54, 1.807) is 18.2 Å². The van der Waals surface area contributed by atoms with Crippen LogP contribution in [0.4, 0.5) is 0 Å². The predicted molar refractivity (Wildman–Crippen MR) is 75.0 cm³/mol. The number of phenolic OH excluding ortho intramolecular Hbond substituents is 1. The summed E-state index contributed by atoms with van der Waals surface area (Å²) in [5, 5.41) is 9.38. The number of carbonyl (C=O) groups is 1. The van der Waals surface area contributed by atoms with Gasteiger partial charge in [-0.1, -0.05) is 24.3 Å². The molecule has 0 aromatic heterocycles. The van der Waals surface area contributed by atoms with Gasteiger partial charge < -0.3 is 14.6 Å². The number of carbonyl (C=O) groups excluding carboxylic acids is 1. The zero-order valence-electron chi connectivity index (χ0n) is 11.4. The van der Waals surface area contributed by atoms with Gasteiger partial charge in [0.1, 0.15) is 18.1 Å². The molecule has 0 saturated carbocycles. The minimum Gasteiger partial charge on any atom is -0.508 e. The van der Waals surface area contributed by atoms with E-state index in [-0.39, 0.29) is 18.3 Å². The van der Waals surface area contributed by atoms with Crippen LogP contribution in [-0.2, 0) is 11.3 Å². The molecule has 20 heavy (non-hydrogen) atoms. The summed E-state index contributed by atoms with van der Waals surface area (Å²) in [7, 11) is 1.36. The Morgan fingerprint density at radius 1 is 1.20 bits per heavy atom. The zero-order valence-corrected chi connectivity index (χ0v) is 11.4. The Hall–Kier alpha value is -2.49. The van der Waals surface area contributed by atoms with Crippen LogP contribution in [-0.4, -0.2) is 18.2 Å². The lowest BCUT2D eigenvalue weighted by molar-refractivity contribution is 0.0597. The minimum atomic E-state index is -0.377. The molecule has 0 aliphatic rings. The number of hydrogen-bond acceptors (Lipinski definition) is 4. The van der Waals surface area contributed by atoms with Crippen molar-refractivity contribution >= 4 is 5.97 Å². The fourth-order valence-electron chi connectivity index (χ4n) is 1.98. The molecule has 0 amide bonds. The van der Waals surface area contributed by atoms with Crippen molar-refractivity contribution in [3.63, 3.8) is 0 Å². The molecule has 0 heterocycles. The Labute approximate surface area is 117 Å². The summed E-state index contributed by atoms with van der Waals surface area (Å²) in [4.78, 5) is 11.8. The first-order chi connectivity index (χ1) is 9.61. The number of benzene rings is 2. The average Bonchev–Trinajstić information content (AvgIpc) is 2.44. The van der Waals surface area contributed by atoms with Crippen LogP contribution < -0.4 is 4.74 Å². The number of esters is 1. The van der Waals surface area contributed by atoms with E-state index in [1.807, 2.05) is 25.1 Å². The molecular weight excluding hydrogens is 256 g/mol. The molecule has 0 radical (unpaired) electrons. The maximum atomic E-state index is 11.8. The second kappa shape index (κ2) is 6.10. The molecular formula is C16H16O4. The van der Waals surface area contributed by atoms with Gasteiger partial charge in [-0.25, -0.2) is 4.79 Å². The number of aryl methyl sites for hydroxylation is 1. The third-order valence-corrected chi connectivity index (χ3v) is 2.96. The molecule has 0 aliphatic carbocycles. The Bertz CT molecular complexity index is 620. The van der Waals surface area contributed by atoms with E-state index in [4.69, 9.17) is 9.47 Å². The molecule has 0 bridgehead atoms. The number of methoxy groups -OCH3 is 1. The van der Waals surface area contributed by atoms with Crippen LogP contribution in [0.1, 0.15) is 21.5 Å². The molecule has 2 rings (SSSR count).